The highest BCUT2D eigenvalue weighted by atomic mass is 19.1. The molecule has 0 radical (unpaired) electrons. The Morgan fingerprint density at radius 3 is 2.25 bits per heavy atom. The second-order valence-corrected chi connectivity index (χ2v) is 6.59. The summed E-state index contributed by atoms with van der Waals surface area (Å²) >= 11 is 0. The lowest BCUT2D eigenvalue weighted by Gasteiger charge is -2.21. The summed E-state index contributed by atoms with van der Waals surface area (Å²) in [7, 11) is 0. The Bertz CT molecular complexity index is 480. The molecule has 0 amide bonds. The lowest BCUT2D eigenvalue weighted by molar-refractivity contribution is 0.359. The van der Waals surface area contributed by atoms with Gasteiger partial charge in [0.1, 0.15) is 11.6 Å². The van der Waals surface area contributed by atoms with Gasteiger partial charge in [-0.2, -0.15) is 0 Å². The van der Waals surface area contributed by atoms with E-state index in [1.54, 1.807) is 6.92 Å². The Hall–Kier alpha value is -0.960. The summed E-state index contributed by atoms with van der Waals surface area (Å²) in [4.78, 5) is 0. The minimum absolute atomic E-state index is 0.134. The molecule has 2 saturated carbocycles. The maximum Gasteiger partial charge on any atom is 0.128 e. The number of halogens is 2. The number of benzene rings is 1. The van der Waals surface area contributed by atoms with Crippen LogP contribution >= 0.6 is 0 Å². The molecule has 2 aliphatic rings. The molecule has 1 unspecified atom stereocenters. The first-order chi connectivity index (χ1) is 9.56. The molecule has 0 aliphatic heterocycles. The van der Waals surface area contributed by atoms with Crippen LogP contribution in [-0.2, 0) is 0 Å². The Morgan fingerprint density at radius 2 is 1.70 bits per heavy atom. The average Bonchev–Trinajstić information content (AvgIpc) is 3.26. The van der Waals surface area contributed by atoms with E-state index in [1.165, 1.54) is 37.8 Å². The van der Waals surface area contributed by atoms with E-state index in [0.29, 0.717) is 11.1 Å². The van der Waals surface area contributed by atoms with Crippen molar-refractivity contribution in [1.29, 1.82) is 0 Å². The Kier molecular flexibility index (Phi) is 3.80. The van der Waals surface area contributed by atoms with Gasteiger partial charge in [0.05, 0.1) is 0 Å². The van der Waals surface area contributed by atoms with Crippen LogP contribution in [0.2, 0.25) is 0 Å². The topological polar surface area (TPSA) is 12.0 Å². The molecular formula is C17H23F2N. The Balaban J connectivity index is 1.63. The van der Waals surface area contributed by atoms with Crippen molar-refractivity contribution in [2.45, 2.75) is 45.6 Å². The van der Waals surface area contributed by atoms with Gasteiger partial charge in [0, 0.05) is 11.6 Å². The van der Waals surface area contributed by atoms with E-state index in [-0.39, 0.29) is 17.7 Å². The van der Waals surface area contributed by atoms with E-state index in [4.69, 9.17) is 0 Å². The highest BCUT2D eigenvalue weighted by Gasteiger charge is 2.41. The van der Waals surface area contributed by atoms with Gasteiger partial charge in [-0.1, -0.05) is 0 Å². The van der Waals surface area contributed by atoms with Gasteiger partial charge in [-0.15, -0.1) is 0 Å². The number of hydrogen-bond donors (Lipinski definition) is 1. The minimum atomic E-state index is -0.323. The van der Waals surface area contributed by atoms with E-state index in [9.17, 15) is 8.78 Å². The van der Waals surface area contributed by atoms with Crippen molar-refractivity contribution in [3.63, 3.8) is 0 Å². The van der Waals surface area contributed by atoms with Crippen LogP contribution in [-0.4, -0.2) is 6.54 Å². The second-order valence-electron chi connectivity index (χ2n) is 6.59. The van der Waals surface area contributed by atoms with E-state index >= 15 is 0 Å². The molecule has 3 heteroatoms. The number of rotatable bonds is 6. The highest BCUT2D eigenvalue weighted by molar-refractivity contribution is 5.27. The third-order valence-corrected chi connectivity index (χ3v) is 4.86. The molecule has 1 N–H and O–H groups in total. The van der Waals surface area contributed by atoms with Crippen molar-refractivity contribution in [1.82, 2.24) is 5.32 Å². The molecule has 0 heterocycles. The summed E-state index contributed by atoms with van der Waals surface area (Å²) in [5.41, 5.74) is 0.811. The summed E-state index contributed by atoms with van der Waals surface area (Å²) < 4.78 is 27.5. The Labute approximate surface area is 119 Å². The van der Waals surface area contributed by atoms with Gasteiger partial charge < -0.3 is 5.32 Å². The molecule has 0 bridgehead atoms. The van der Waals surface area contributed by atoms with Gasteiger partial charge in [0.2, 0.25) is 0 Å². The molecule has 0 spiro atoms. The molecule has 1 nitrogen and oxygen atoms in total. The summed E-state index contributed by atoms with van der Waals surface area (Å²) in [6.07, 6.45) is 5.41. The zero-order valence-corrected chi connectivity index (χ0v) is 12.3. The first-order valence-electron chi connectivity index (χ1n) is 7.75. The predicted octanol–water partition coefficient (Wildman–Crippen LogP) is 4.36. The van der Waals surface area contributed by atoms with Crippen LogP contribution in [0.25, 0.3) is 0 Å². The van der Waals surface area contributed by atoms with Crippen LogP contribution in [0.15, 0.2) is 12.1 Å². The van der Waals surface area contributed by atoms with Crippen molar-refractivity contribution in [2.24, 2.45) is 17.8 Å². The predicted molar refractivity (Wildman–Crippen MR) is 76.5 cm³/mol. The smallest absolute Gasteiger partial charge is 0.128 e. The average molecular weight is 279 g/mol. The summed E-state index contributed by atoms with van der Waals surface area (Å²) in [5.74, 6) is 1.87. The molecular weight excluding hydrogens is 256 g/mol. The van der Waals surface area contributed by atoms with E-state index in [1.807, 2.05) is 6.92 Å². The molecule has 0 aromatic heterocycles. The van der Waals surface area contributed by atoms with Gasteiger partial charge in [0.15, 0.2) is 0 Å². The lowest BCUT2D eigenvalue weighted by Crippen LogP contribution is -2.28. The maximum absolute atomic E-state index is 13.9. The maximum atomic E-state index is 13.9. The van der Waals surface area contributed by atoms with Gasteiger partial charge >= 0.3 is 0 Å². The van der Waals surface area contributed by atoms with Crippen LogP contribution in [0.5, 0.6) is 0 Å². The normalized spacial score (nSPS) is 20.4. The fourth-order valence-corrected chi connectivity index (χ4v) is 3.18. The van der Waals surface area contributed by atoms with Crippen LogP contribution in [0.3, 0.4) is 0 Å². The summed E-state index contributed by atoms with van der Waals surface area (Å²) in [6.45, 7) is 4.45. The van der Waals surface area contributed by atoms with Gasteiger partial charge in [-0.25, -0.2) is 8.78 Å². The highest BCUT2D eigenvalue weighted by Crippen LogP contribution is 2.49. The molecule has 1 atom stereocenters. The minimum Gasteiger partial charge on any atom is -0.310 e. The van der Waals surface area contributed by atoms with Crippen LogP contribution < -0.4 is 5.32 Å². The number of nitrogens with one attached hydrogen (secondary N) is 1. The van der Waals surface area contributed by atoms with Gasteiger partial charge in [-0.3, -0.25) is 0 Å². The largest absolute Gasteiger partial charge is 0.310 e. The van der Waals surface area contributed by atoms with Crippen LogP contribution in [0.1, 0.15) is 49.8 Å². The molecule has 0 saturated heterocycles. The van der Waals surface area contributed by atoms with Crippen LogP contribution in [0.4, 0.5) is 8.78 Å². The zero-order chi connectivity index (χ0) is 14.3. The van der Waals surface area contributed by atoms with E-state index < -0.39 is 0 Å². The van der Waals surface area contributed by atoms with E-state index in [0.717, 1.165) is 24.3 Å². The molecule has 2 aliphatic carbocycles. The molecule has 3 rings (SSSR count). The first-order valence-corrected chi connectivity index (χ1v) is 7.75. The van der Waals surface area contributed by atoms with E-state index in [2.05, 4.69) is 5.32 Å². The van der Waals surface area contributed by atoms with Crippen molar-refractivity contribution < 1.29 is 8.78 Å². The molecule has 2 fully saturated rings. The van der Waals surface area contributed by atoms with Gasteiger partial charge in [-0.05, 0) is 81.5 Å². The summed E-state index contributed by atoms with van der Waals surface area (Å²) in [6, 6.07) is 2.50. The Morgan fingerprint density at radius 1 is 1.10 bits per heavy atom. The van der Waals surface area contributed by atoms with Crippen molar-refractivity contribution in [3.8, 4) is 0 Å². The van der Waals surface area contributed by atoms with Crippen LogP contribution in [0, 0.1) is 36.3 Å². The number of hydrogen-bond acceptors (Lipinski definition) is 1. The molecule has 1 aromatic carbocycles. The number of aryl methyl sites for hydroxylation is 1. The lowest BCUT2D eigenvalue weighted by atomic mass is 9.97. The monoisotopic (exact) mass is 279 g/mol. The van der Waals surface area contributed by atoms with Gasteiger partial charge in [0.25, 0.3) is 0 Å². The molecule has 20 heavy (non-hydrogen) atoms. The first kappa shape index (κ1) is 14.0. The quantitative estimate of drug-likeness (QED) is 0.816. The summed E-state index contributed by atoms with van der Waals surface area (Å²) in [5, 5.41) is 3.42. The third kappa shape index (κ3) is 3.03. The third-order valence-electron chi connectivity index (χ3n) is 4.86. The zero-order valence-electron chi connectivity index (χ0n) is 12.3. The molecule has 110 valence electrons. The van der Waals surface area contributed by atoms with Crippen molar-refractivity contribution in [3.05, 3.63) is 34.9 Å². The van der Waals surface area contributed by atoms with Crippen molar-refractivity contribution >= 4 is 0 Å². The fourth-order valence-electron chi connectivity index (χ4n) is 3.18. The SMILES string of the molecule is Cc1cc(F)c(C(C)NCC(C2CC2)C2CC2)cc1F. The molecule has 1 aromatic rings. The van der Waals surface area contributed by atoms with Crippen molar-refractivity contribution in [2.75, 3.05) is 6.54 Å². The second kappa shape index (κ2) is 5.44. The standard InChI is InChI=1S/C17H23F2N/c1-10-7-17(19)14(8-16(10)18)11(2)20-9-15(12-3-4-12)13-5-6-13/h7-8,11-13,15,20H,3-6,9H2,1-2H3. The fraction of sp³-hybridized carbons (Fsp3) is 0.647.